The van der Waals surface area contributed by atoms with Crippen molar-refractivity contribution in [3.63, 3.8) is 0 Å². The van der Waals surface area contributed by atoms with Gasteiger partial charge in [-0.3, -0.25) is 4.57 Å². The summed E-state index contributed by atoms with van der Waals surface area (Å²) in [6.45, 7) is 3.90. The van der Waals surface area contributed by atoms with E-state index in [4.69, 9.17) is 0 Å². The van der Waals surface area contributed by atoms with Gasteiger partial charge >= 0.3 is 0 Å². The van der Waals surface area contributed by atoms with Gasteiger partial charge in [-0.15, -0.1) is 0 Å². The van der Waals surface area contributed by atoms with Gasteiger partial charge in [0.2, 0.25) is 11.8 Å². The van der Waals surface area contributed by atoms with E-state index in [0.29, 0.717) is 17.7 Å². The van der Waals surface area contributed by atoms with E-state index < -0.39 is 0 Å². The summed E-state index contributed by atoms with van der Waals surface area (Å²) in [6.07, 6.45) is 0.625. The highest BCUT2D eigenvalue weighted by atomic mass is 16.3. The van der Waals surface area contributed by atoms with Crippen molar-refractivity contribution < 1.29 is 15.3 Å². The predicted molar refractivity (Wildman–Crippen MR) is 94.1 cm³/mol. The molecule has 3 N–H and O–H groups in total. The average Bonchev–Trinajstić information content (AvgIpc) is 2.80. The van der Waals surface area contributed by atoms with Crippen molar-refractivity contribution >= 4 is 0 Å². The first kappa shape index (κ1) is 16.0. The minimum absolute atomic E-state index is 0.0217. The third kappa shape index (κ3) is 2.83. The van der Waals surface area contributed by atoms with Crippen LogP contribution in [-0.2, 0) is 6.42 Å². The number of phenolic OH excluding ortho intramolecular Hbond substituents is 1. The smallest absolute Gasteiger partial charge is 0.202 e. The van der Waals surface area contributed by atoms with Gasteiger partial charge in [0.05, 0.1) is 5.69 Å². The Bertz CT molecular complexity index is 836. The molecular weight excluding hydrogens is 302 g/mol. The summed E-state index contributed by atoms with van der Waals surface area (Å²) < 4.78 is 1.40. The summed E-state index contributed by atoms with van der Waals surface area (Å²) in [5, 5.41) is 30.5. The van der Waals surface area contributed by atoms with Crippen LogP contribution >= 0.6 is 0 Å². The number of rotatable bonds is 4. The Kier molecular flexibility index (Phi) is 4.21. The summed E-state index contributed by atoms with van der Waals surface area (Å²) in [4.78, 5) is 0. The number of hydrogen-bond acceptors (Lipinski definition) is 3. The van der Waals surface area contributed by atoms with Crippen molar-refractivity contribution in [2.75, 3.05) is 0 Å². The molecule has 2 aromatic carbocycles. The Morgan fingerprint density at radius 3 is 2.12 bits per heavy atom. The topological polar surface area (TPSA) is 65.6 Å². The molecule has 4 heteroatoms. The van der Waals surface area contributed by atoms with Crippen LogP contribution in [0.1, 0.15) is 29.5 Å². The third-order valence-corrected chi connectivity index (χ3v) is 4.47. The van der Waals surface area contributed by atoms with Crippen molar-refractivity contribution in [3.8, 4) is 23.2 Å². The fraction of sp³-hybridized carbons (Fsp3) is 0.200. The molecule has 1 aromatic heterocycles. The van der Waals surface area contributed by atoms with Gasteiger partial charge in [0.15, 0.2) is 0 Å². The molecule has 1 heterocycles. The lowest BCUT2D eigenvalue weighted by Crippen LogP contribution is -1.99. The second-order valence-corrected chi connectivity index (χ2v) is 6.12. The summed E-state index contributed by atoms with van der Waals surface area (Å²) in [7, 11) is 0. The fourth-order valence-corrected chi connectivity index (χ4v) is 3.00. The van der Waals surface area contributed by atoms with Gasteiger partial charge in [0, 0.05) is 11.1 Å². The minimum Gasteiger partial charge on any atom is -0.508 e. The molecule has 1 atom stereocenters. The maximum atomic E-state index is 10.6. The van der Waals surface area contributed by atoms with Crippen LogP contribution in [0.3, 0.4) is 0 Å². The number of benzene rings is 2. The van der Waals surface area contributed by atoms with Crippen molar-refractivity contribution in [1.82, 2.24) is 4.57 Å². The minimum atomic E-state index is 0.0217. The summed E-state index contributed by atoms with van der Waals surface area (Å²) in [5.74, 6) is 0.414. The van der Waals surface area contributed by atoms with Crippen molar-refractivity contribution in [1.29, 1.82) is 0 Å². The van der Waals surface area contributed by atoms with Gasteiger partial charge in [-0.1, -0.05) is 37.3 Å². The molecule has 0 aliphatic rings. The monoisotopic (exact) mass is 323 g/mol. The second-order valence-electron chi connectivity index (χ2n) is 6.12. The van der Waals surface area contributed by atoms with Gasteiger partial charge in [-0.25, -0.2) is 0 Å². The number of nitrogens with zero attached hydrogens (tertiary/aromatic N) is 1. The van der Waals surface area contributed by atoms with Crippen LogP contribution < -0.4 is 0 Å². The van der Waals surface area contributed by atoms with Crippen molar-refractivity contribution in [2.24, 2.45) is 0 Å². The Morgan fingerprint density at radius 2 is 1.50 bits per heavy atom. The number of aromatic hydroxyl groups is 3. The van der Waals surface area contributed by atoms with E-state index in [1.165, 1.54) is 22.3 Å². The highest BCUT2D eigenvalue weighted by Gasteiger charge is 2.22. The van der Waals surface area contributed by atoms with E-state index in [9.17, 15) is 15.3 Å². The van der Waals surface area contributed by atoms with Crippen LogP contribution in [0.15, 0.2) is 54.6 Å². The predicted octanol–water partition coefficient (Wildman–Crippen LogP) is 4.25. The zero-order chi connectivity index (χ0) is 17.3. The fourth-order valence-electron chi connectivity index (χ4n) is 3.00. The van der Waals surface area contributed by atoms with E-state index in [1.54, 1.807) is 19.1 Å². The molecule has 0 radical (unpaired) electrons. The maximum Gasteiger partial charge on any atom is 0.202 e. The average molecular weight is 323 g/mol. The van der Waals surface area contributed by atoms with Gasteiger partial charge in [0.25, 0.3) is 0 Å². The van der Waals surface area contributed by atoms with Crippen molar-refractivity contribution in [3.05, 3.63) is 71.3 Å². The number of phenols is 1. The lowest BCUT2D eigenvalue weighted by Gasteiger charge is -2.12. The van der Waals surface area contributed by atoms with Crippen LogP contribution in [0.25, 0.3) is 5.69 Å². The largest absolute Gasteiger partial charge is 0.508 e. The Hall–Kier alpha value is -2.88. The van der Waals surface area contributed by atoms with Crippen molar-refractivity contribution in [2.45, 2.75) is 26.2 Å². The van der Waals surface area contributed by atoms with Gasteiger partial charge in [-0.05, 0) is 49.1 Å². The summed E-state index contributed by atoms with van der Waals surface area (Å²) in [6, 6.07) is 16.5. The van der Waals surface area contributed by atoms with E-state index in [2.05, 4.69) is 19.1 Å². The molecule has 0 bridgehead atoms. The molecule has 4 nitrogen and oxygen atoms in total. The molecule has 1 unspecified atom stereocenters. The van der Waals surface area contributed by atoms with Gasteiger partial charge in [0.1, 0.15) is 5.75 Å². The first-order chi connectivity index (χ1) is 11.5. The molecular formula is C20H21NO3. The summed E-state index contributed by atoms with van der Waals surface area (Å²) >= 11 is 0. The SMILES string of the molecule is Cc1c(CC(C)c2ccccc2)c(O)n(-c2ccc(O)cc2)c1O. The molecule has 0 amide bonds. The molecule has 0 aliphatic carbocycles. The lowest BCUT2D eigenvalue weighted by atomic mass is 9.93. The molecule has 0 saturated heterocycles. The van der Waals surface area contributed by atoms with Crippen LogP contribution in [0.2, 0.25) is 0 Å². The van der Waals surface area contributed by atoms with E-state index in [0.717, 1.165) is 5.56 Å². The lowest BCUT2D eigenvalue weighted by molar-refractivity contribution is 0.399. The molecule has 3 rings (SSSR count). The summed E-state index contributed by atoms with van der Waals surface area (Å²) in [5.41, 5.74) is 3.19. The molecule has 124 valence electrons. The Morgan fingerprint density at radius 1 is 0.875 bits per heavy atom. The van der Waals surface area contributed by atoms with Gasteiger partial charge in [-0.2, -0.15) is 0 Å². The van der Waals surface area contributed by atoms with Crippen LogP contribution in [0.5, 0.6) is 17.5 Å². The first-order valence-corrected chi connectivity index (χ1v) is 7.95. The molecule has 0 aliphatic heterocycles. The number of hydrogen-bond donors (Lipinski definition) is 3. The van der Waals surface area contributed by atoms with E-state index in [1.807, 2.05) is 18.2 Å². The number of aromatic nitrogens is 1. The zero-order valence-electron chi connectivity index (χ0n) is 13.8. The molecule has 0 spiro atoms. The van der Waals surface area contributed by atoms with Crippen LogP contribution in [-0.4, -0.2) is 19.9 Å². The normalized spacial score (nSPS) is 12.2. The van der Waals surface area contributed by atoms with Gasteiger partial charge < -0.3 is 15.3 Å². The third-order valence-electron chi connectivity index (χ3n) is 4.47. The Balaban J connectivity index is 1.98. The molecule has 3 aromatic rings. The van der Waals surface area contributed by atoms with E-state index >= 15 is 0 Å². The van der Waals surface area contributed by atoms with Crippen LogP contribution in [0, 0.1) is 6.92 Å². The second kappa shape index (κ2) is 6.32. The molecule has 24 heavy (non-hydrogen) atoms. The molecule has 0 fully saturated rings. The Labute approximate surface area is 141 Å². The van der Waals surface area contributed by atoms with E-state index in [-0.39, 0.29) is 23.4 Å². The highest BCUT2D eigenvalue weighted by Crippen LogP contribution is 2.38. The molecule has 0 saturated carbocycles. The highest BCUT2D eigenvalue weighted by molar-refractivity contribution is 5.53. The maximum absolute atomic E-state index is 10.6. The van der Waals surface area contributed by atoms with Crippen LogP contribution in [0.4, 0.5) is 0 Å². The zero-order valence-corrected chi connectivity index (χ0v) is 13.8. The standard InChI is InChI=1S/C20H21NO3/c1-13(15-6-4-3-5-7-15)12-18-14(2)19(23)21(20(18)24)16-8-10-17(22)11-9-16/h3-11,13,22-24H,12H2,1-2H3. The quantitative estimate of drug-likeness (QED) is 0.672. The first-order valence-electron chi connectivity index (χ1n) is 7.95.